The summed E-state index contributed by atoms with van der Waals surface area (Å²) in [5.74, 6) is -0.862. The van der Waals surface area contributed by atoms with Gasteiger partial charge in [0.1, 0.15) is 18.9 Å². The molecular weight excluding hydrogens is 550 g/mol. The third kappa shape index (κ3) is 6.10. The number of hydrogen-bond acceptors (Lipinski definition) is 5. The van der Waals surface area contributed by atoms with Crippen LogP contribution >= 0.6 is 0 Å². The number of nitrogens with zero attached hydrogens (tertiary/aromatic N) is 2. The van der Waals surface area contributed by atoms with Crippen LogP contribution in [-0.4, -0.2) is 39.7 Å². The summed E-state index contributed by atoms with van der Waals surface area (Å²) in [5, 5.41) is 14.7. The van der Waals surface area contributed by atoms with E-state index in [9.17, 15) is 9.59 Å². The summed E-state index contributed by atoms with van der Waals surface area (Å²) in [6.45, 7) is 4.12. The first-order valence-electron chi connectivity index (χ1n) is 15.5. The second-order valence-electron chi connectivity index (χ2n) is 12.0. The van der Waals surface area contributed by atoms with Crippen LogP contribution in [0.2, 0.25) is 0 Å². The van der Waals surface area contributed by atoms with Gasteiger partial charge in [-0.25, -0.2) is 9.78 Å². The molecule has 3 aromatic carbocycles. The first-order chi connectivity index (χ1) is 21.4. The Balaban J connectivity index is 1.28. The van der Waals surface area contributed by atoms with E-state index in [1.54, 1.807) is 0 Å². The fourth-order valence-corrected chi connectivity index (χ4v) is 6.87. The van der Waals surface area contributed by atoms with Crippen LogP contribution in [0.3, 0.4) is 0 Å². The third-order valence-electron chi connectivity index (χ3n) is 8.94. The molecule has 0 aliphatic heterocycles. The van der Waals surface area contributed by atoms with E-state index in [2.05, 4.69) is 71.4 Å². The lowest BCUT2D eigenvalue weighted by atomic mass is 9.83. The number of pyridine rings is 1. The van der Waals surface area contributed by atoms with Crippen molar-refractivity contribution < 1.29 is 19.4 Å². The number of aliphatic hydroxyl groups is 1. The Morgan fingerprint density at radius 1 is 0.955 bits per heavy atom. The molecule has 1 aliphatic carbocycles. The summed E-state index contributed by atoms with van der Waals surface area (Å²) in [6, 6.07) is 28.1. The van der Waals surface area contributed by atoms with Gasteiger partial charge in [0.2, 0.25) is 5.91 Å². The Morgan fingerprint density at radius 2 is 1.66 bits per heavy atom. The monoisotopic (exact) mass is 589 g/mol. The van der Waals surface area contributed by atoms with E-state index >= 15 is 0 Å². The molecule has 1 amide bonds. The highest BCUT2D eigenvalue weighted by Gasteiger charge is 2.33. The number of aromatic nitrogens is 2. The van der Waals surface area contributed by atoms with Crippen molar-refractivity contribution in [1.82, 2.24) is 14.9 Å². The van der Waals surface area contributed by atoms with Gasteiger partial charge in [-0.2, -0.15) is 0 Å². The van der Waals surface area contributed by atoms with Crippen molar-refractivity contribution in [1.29, 1.82) is 0 Å². The molecule has 2 heterocycles. The molecule has 2 atom stereocenters. The number of fused-ring (bicyclic) bond motifs is 3. The average molecular weight is 590 g/mol. The van der Waals surface area contributed by atoms with Crippen molar-refractivity contribution in [2.24, 2.45) is 5.92 Å². The highest BCUT2D eigenvalue weighted by Crippen LogP contribution is 2.38. The van der Waals surface area contributed by atoms with Crippen molar-refractivity contribution in [2.75, 3.05) is 13.2 Å². The summed E-state index contributed by atoms with van der Waals surface area (Å²) >= 11 is 0. The first kappa shape index (κ1) is 29.6. The van der Waals surface area contributed by atoms with Crippen molar-refractivity contribution in [2.45, 2.75) is 58.0 Å². The van der Waals surface area contributed by atoms with Crippen molar-refractivity contribution >= 4 is 33.8 Å². The number of aliphatic hydroxyl groups excluding tert-OH is 1. The van der Waals surface area contributed by atoms with E-state index in [1.807, 2.05) is 37.3 Å². The Labute approximate surface area is 257 Å². The maximum atomic E-state index is 14.0. The van der Waals surface area contributed by atoms with Crippen LogP contribution < -0.4 is 5.32 Å². The minimum atomic E-state index is -0.716. The minimum absolute atomic E-state index is 0.0444. The second-order valence-corrected chi connectivity index (χ2v) is 12.0. The van der Waals surface area contributed by atoms with Crippen LogP contribution in [0.5, 0.6) is 0 Å². The SMILES string of the molecule is Cc1cc(C)c2c3ccccc3n(Cc3ccc([C@@H](C(=O)NC(COC(=O)CO)c4ccccc4)C4CCCC4)cc3)c2n1. The normalized spacial score (nSPS) is 15.0. The smallest absolute Gasteiger partial charge is 0.331 e. The molecule has 7 heteroatoms. The molecule has 2 aromatic heterocycles. The topological polar surface area (TPSA) is 93.5 Å². The van der Waals surface area contributed by atoms with Crippen LogP contribution in [0.15, 0.2) is 84.9 Å². The zero-order valence-electron chi connectivity index (χ0n) is 25.3. The van der Waals surface area contributed by atoms with Gasteiger partial charge >= 0.3 is 5.97 Å². The predicted octanol–water partition coefficient (Wildman–Crippen LogP) is 6.52. The van der Waals surface area contributed by atoms with E-state index in [1.165, 1.54) is 16.3 Å². The van der Waals surface area contributed by atoms with Crippen molar-refractivity contribution in [3.8, 4) is 0 Å². The number of carbonyl (C=O) groups is 2. The van der Waals surface area contributed by atoms with E-state index in [0.717, 1.165) is 59.2 Å². The highest BCUT2D eigenvalue weighted by molar-refractivity contribution is 6.08. The maximum absolute atomic E-state index is 14.0. The lowest BCUT2D eigenvalue weighted by Gasteiger charge is -2.27. The zero-order valence-corrected chi connectivity index (χ0v) is 25.3. The highest BCUT2D eigenvalue weighted by atomic mass is 16.5. The third-order valence-corrected chi connectivity index (χ3v) is 8.94. The van der Waals surface area contributed by atoms with Gasteiger partial charge in [0, 0.05) is 23.0 Å². The minimum Gasteiger partial charge on any atom is -0.461 e. The number of amides is 1. The average Bonchev–Trinajstić information content (AvgIpc) is 3.67. The number of rotatable bonds is 10. The standard InChI is InChI=1S/C37H39N3O4/c1-24-20-25(2)38-36-34(24)30-14-8-9-15-32(30)40(36)21-26-16-18-29(19-17-26)35(28-12-6-7-13-28)37(43)39-31(23-44-33(42)22-41)27-10-4-3-5-11-27/h3-5,8-11,14-20,28,31,35,41H,6-7,12-13,21-23H2,1-2H3,(H,39,43)/t31?,35-/m0/s1. The fraction of sp³-hybridized carbons (Fsp3) is 0.324. The largest absolute Gasteiger partial charge is 0.461 e. The summed E-state index contributed by atoms with van der Waals surface area (Å²) in [7, 11) is 0. The van der Waals surface area contributed by atoms with Crippen LogP contribution in [0, 0.1) is 19.8 Å². The summed E-state index contributed by atoms with van der Waals surface area (Å²) in [6.07, 6.45) is 4.23. The number of nitrogens with one attached hydrogen (secondary N) is 1. The molecule has 0 spiro atoms. The molecule has 44 heavy (non-hydrogen) atoms. The molecule has 0 radical (unpaired) electrons. The number of esters is 1. The molecule has 0 bridgehead atoms. The van der Waals surface area contributed by atoms with Gasteiger partial charge in [-0.1, -0.05) is 85.6 Å². The van der Waals surface area contributed by atoms with Crippen molar-refractivity contribution in [3.63, 3.8) is 0 Å². The molecular formula is C37H39N3O4. The quantitative estimate of drug-likeness (QED) is 0.181. The van der Waals surface area contributed by atoms with Gasteiger partial charge in [-0.3, -0.25) is 4.79 Å². The number of benzene rings is 3. The van der Waals surface area contributed by atoms with Crippen LogP contribution in [0.25, 0.3) is 21.9 Å². The molecule has 7 nitrogen and oxygen atoms in total. The van der Waals surface area contributed by atoms with Gasteiger partial charge in [0.05, 0.1) is 17.5 Å². The van der Waals surface area contributed by atoms with Crippen molar-refractivity contribution in [3.05, 3.63) is 113 Å². The van der Waals surface area contributed by atoms with Crippen LogP contribution in [-0.2, 0) is 20.9 Å². The number of para-hydroxylation sites is 1. The number of ether oxygens (including phenoxy) is 1. The van der Waals surface area contributed by atoms with Crippen LogP contribution in [0.1, 0.15) is 65.6 Å². The number of hydrogen-bond donors (Lipinski definition) is 2. The lowest BCUT2D eigenvalue weighted by molar-refractivity contribution is -0.148. The van der Waals surface area contributed by atoms with Gasteiger partial charge in [0.25, 0.3) is 0 Å². The van der Waals surface area contributed by atoms with Gasteiger partial charge in [-0.15, -0.1) is 0 Å². The fourth-order valence-electron chi connectivity index (χ4n) is 6.87. The van der Waals surface area contributed by atoms with E-state index in [-0.39, 0.29) is 24.3 Å². The molecule has 1 saturated carbocycles. The zero-order chi connectivity index (χ0) is 30.6. The Morgan fingerprint density at radius 3 is 2.39 bits per heavy atom. The molecule has 1 unspecified atom stereocenters. The first-order valence-corrected chi connectivity index (χ1v) is 15.5. The molecule has 2 N–H and O–H groups in total. The predicted molar refractivity (Wildman–Crippen MR) is 172 cm³/mol. The number of carbonyl (C=O) groups excluding carboxylic acids is 2. The molecule has 6 rings (SSSR count). The molecule has 226 valence electrons. The maximum Gasteiger partial charge on any atom is 0.331 e. The molecule has 1 aliphatic rings. The van der Waals surface area contributed by atoms with Crippen LogP contribution in [0.4, 0.5) is 0 Å². The second kappa shape index (κ2) is 13.0. The van der Waals surface area contributed by atoms with Gasteiger partial charge < -0.3 is 19.7 Å². The van der Waals surface area contributed by atoms with E-state index in [0.29, 0.717) is 6.54 Å². The Bertz CT molecular complexity index is 1770. The summed E-state index contributed by atoms with van der Waals surface area (Å²) in [5.41, 5.74) is 7.35. The molecule has 1 fully saturated rings. The molecule has 0 saturated heterocycles. The number of aryl methyl sites for hydroxylation is 2. The Kier molecular flexibility index (Phi) is 8.75. The summed E-state index contributed by atoms with van der Waals surface area (Å²) < 4.78 is 7.54. The van der Waals surface area contributed by atoms with E-state index in [4.69, 9.17) is 14.8 Å². The van der Waals surface area contributed by atoms with Gasteiger partial charge in [0.15, 0.2) is 0 Å². The van der Waals surface area contributed by atoms with Gasteiger partial charge in [-0.05, 0) is 67.0 Å². The Hall–Kier alpha value is -4.49. The molecule has 5 aromatic rings. The lowest BCUT2D eigenvalue weighted by Crippen LogP contribution is -2.38. The van der Waals surface area contributed by atoms with E-state index < -0.39 is 18.6 Å². The summed E-state index contributed by atoms with van der Waals surface area (Å²) in [4.78, 5) is 30.7.